The number of carboxylic acids is 1. The smallest absolute Gasteiger partial charge is 0.326 e. The molecule has 0 aliphatic rings. The summed E-state index contributed by atoms with van der Waals surface area (Å²) in [4.78, 5) is 36.1. The van der Waals surface area contributed by atoms with Crippen LogP contribution in [0, 0.1) is 0 Å². The van der Waals surface area contributed by atoms with E-state index in [4.69, 9.17) is 10.5 Å². The number of unbranched alkanes of at least 4 members (excludes halogenated alkanes) is 23. The first-order chi connectivity index (χ1) is 24.4. The van der Waals surface area contributed by atoms with Gasteiger partial charge in [-0.2, -0.15) is 0 Å². The quantitative estimate of drug-likeness (QED) is 0.0332. The van der Waals surface area contributed by atoms with Crippen molar-refractivity contribution in [1.29, 1.82) is 0 Å². The van der Waals surface area contributed by atoms with Crippen molar-refractivity contribution in [2.45, 2.75) is 238 Å². The van der Waals surface area contributed by atoms with Gasteiger partial charge >= 0.3 is 11.9 Å². The zero-order valence-corrected chi connectivity index (χ0v) is 33.0. The van der Waals surface area contributed by atoms with E-state index in [0.29, 0.717) is 38.6 Å². The standard InChI is InChI=1S/C43H82N2O5/c1-3-5-7-8-9-10-11-12-13-14-15-16-17-18-19-20-21-22-23-24-25-26-31-37-42(47)50-39(33-28-6-4-2)34-29-27-30-36-41(46)45-40(43(48)49)35-32-38-44/h14-15,39-40H,3-13,16-38,44H2,1-2H3,(H,45,46)(H,48,49)/b15-14-. The maximum Gasteiger partial charge on any atom is 0.326 e. The Hall–Kier alpha value is -1.89. The number of nitrogens with two attached hydrogens (primary N) is 1. The van der Waals surface area contributed by atoms with Crippen LogP contribution in [0.1, 0.15) is 226 Å². The minimum atomic E-state index is -1.02. The fourth-order valence-electron chi connectivity index (χ4n) is 6.56. The van der Waals surface area contributed by atoms with Gasteiger partial charge in [-0.05, 0) is 83.6 Å². The maximum atomic E-state index is 12.6. The number of hydrogen-bond donors (Lipinski definition) is 3. The molecule has 0 aromatic heterocycles. The normalized spacial score (nSPS) is 12.7. The first-order valence-corrected chi connectivity index (χ1v) is 21.5. The predicted molar refractivity (Wildman–Crippen MR) is 211 cm³/mol. The Kier molecular flexibility index (Phi) is 36.9. The molecule has 0 heterocycles. The number of amides is 1. The minimum Gasteiger partial charge on any atom is -0.480 e. The molecular formula is C43H82N2O5. The lowest BCUT2D eigenvalue weighted by atomic mass is 10.0. The summed E-state index contributed by atoms with van der Waals surface area (Å²) in [5, 5.41) is 11.9. The molecule has 0 aromatic carbocycles. The number of allylic oxidation sites excluding steroid dienone is 2. The Labute approximate surface area is 309 Å². The number of ether oxygens (including phenoxy) is 1. The number of rotatable bonds is 39. The molecule has 2 unspecified atom stereocenters. The molecule has 0 rings (SSSR count). The Balaban J connectivity index is 3.79. The number of aliphatic carboxylic acids is 1. The summed E-state index contributed by atoms with van der Waals surface area (Å²) >= 11 is 0. The van der Waals surface area contributed by atoms with Crippen LogP contribution in [0.5, 0.6) is 0 Å². The van der Waals surface area contributed by atoms with Crippen LogP contribution in [0.2, 0.25) is 0 Å². The number of carbonyl (C=O) groups excluding carboxylic acids is 2. The second-order valence-electron chi connectivity index (χ2n) is 14.8. The summed E-state index contributed by atoms with van der Waals surface area (Å²) in [7, 11) is 0. The molecule has 0 aliphatic carbocycles. The lowest BCUT2D eigenvalue weighted by Crippen LogP contribution is -2.40. The Morgan fingerprint density at radius 3 is 1.48 bits per heavy atom. The fourth-order valence-corrected chi connectivity index (χ4v) is 6.56. The molecule has 4 N–H and O–H groups in total. The molecule has 7 nitrogen and oxygen atoms in total. The summed E-state index contributed by atoms with van der Waals surface area (Å²) in [6.45, 7) is 4.86. The molecule has 0 spiro atoms. The molecule has 294 valence electrons. The zero-order valence-electron chi connectivity index (χ0n) is 33.0. The predicted octanol–water partition coefficient (Wildman–Crippen LogP) is 11.9. The zero-order chi connectivity index (χ0) is 36.8. The summed E-state index contributed by atoms with van der Waals surface area (Å²) < 4.78 is 5.89. The number of carbonyl (C=O) groups is 3. The van der Waals surface area contributed by atoms with Crippen LogP contribution in [0.4, 0.5) is 0 Å². The third-order valence-electron chi connectivity index (χ3n) is 9.83. The van der Waals surface area contributed by atoms with E-state index in [-0.39, 0.29) is 18.0 Å². The largest absolute Gasteiger partial charge is 0.480 e. The van der Waals surface area contributed by atoms with E-state index >= 15 is 0 Å². The van der Waals surface area contributed by atoms with Crippen LogP contribution in [0.3, 0.4) is 0 Å². The van der Waals surface area contributed by atoms with Crippen LogP contribution in [-0.4, -0.2) is 41.6 Å². The van der Waals surface area contributed by atoms with Crippen molar-refractivity contribution < 1.29 is 24.2 Å². The Morgan fingerprint density at radius 2 is 0.980 bits per heavy atom. The van der Waals surface area contributed by atoms with E-state index in [1.165, 1.54) is 122 Å². The van der Waals surface area contributed by atoms with Crippen molar-refractivity contribution in [1.82, 2.24) is 5.32 Å². The van der Waals surface area contributed by atoms with Crippen molar-refractivity contribution in [3.63, 3.8) is 0 Å². The van der Waals surface area contributed by atoms with Gasteiger partial charge in [0.1, 0.15) is 12.1 Å². The minimum absolute atomic E-state index is 0.0449. The third kappa shape index (κ3) is 34.6. The van der Waals surface area contributed by atoms with E-state index in [9.17, 15) is 19.5 Å². The molecule has 50 heavy (non-hydrogen) atoms. The Morgan fingerprint density at radius 1 is 0.560 bits per heavy atom. The lowest BCUT2D eigenvalue weighted by Gasteiger charge is -2.18. The SMILES string of the molecule is CCCCCCCCCC/C=C\CCCCCCCCCCCCCC(=O)OC(CCCCC)CCCCCC(=O)NC(CCCN)C(=O)O. The van der Waals surface area contributed by atoms with Crippen molar-refractivity contribution in [3.8, 4) is 0 Å². The number of nitrogens with one attached hydrogen (secondary N) is 1. The van der Waals surface area contributed by atoms with Gasteiger partial charge in [0.25, 0.3) is 0 Å². The van der Waals surface area contributed by atoms with Crippen LogP contribution >= 0.6 is 0 Å². The molecule has 7 heteroatoms. The van der Waals surface area contributed by atoms with E-state index in [1.54, 1.807) is 0 Å². The van der Waals surface area contributed by atoms with Gasteiger partial charge in [0.05, 0.1) is 0 Å². The molecule has 0 radical (unpaired) electrons. The van der Waals surface area contributed by atoms with Gasteiger partial charge in [-0.1, -0.05) is 148 Å². The highest BCUT2D eigenvalue weighted by Gasteiger charge is 2.19. The van der Waals surface area contributed by atoms with Crippen molar-refractivity contribution >= 4 is 17.8 Å². The molecule has 0 aromatic rings. The maximum absolute atomic E-state index is 12.6. The van der Waals surface area contributed by atoms with Gasteiger partial charge in [-0.3, -0.25) is 9.59 Å². The Bertz CT molecular complexity index is 802. The van der Waals surface area contributed by atoms with Gasteiger partial charge in [-0.15, -0.1) is 0 Å². The lowest BCUT2D eigenvalue weighted by molar-refractivity contribution is -0.150. The van der Waals surface area contributed by atoms with E-state index < -0.39 is 12.0 Å². The van der Waals surface area contributed by atoms with E-state index in [2.05, 4.69) is 31.3 Å². The average molecular weight is 707 g/mol. The average Bonchev–Trinajstić information content (AvgIpc) is 3.10. The summed E-state index contributed by atoms with van der Waals surface area (Å²) in [6, 6.07) is -0.870. The van der Waals surface area contributed by atoms with E-state index in [0.717, 1.165) is 57.8 Å². The number of esters is 1. The first kappa shape index (κ1) is 48.1. The van der Waals surface area contributed by atoms with Crippen LogP contribution in [0.15, 0.2) is 12.2 Å². The second-order valence-corrected chi connectivity index (χ2v) is 14.8. The summed E-state index contributed by atoms with van der Waals surface area (Å²) in [5.74, 6) is -1.31. The van der Waals surface area contributed by atoms with Gasteiger partial charge in [0.15, 0.2) is 0 Å². The second kappa shape index (κ2) is 38.3. The highest BCUT2D eigenvalue weighted by Crippen LogP contribution is 2.18. The van der Waals surface area contributed by atoms with Crippen molar-refractivity contribution in [2.24, 2.45) is 5.73 Å². The highest BCUT2D eigenvalue weighted by molar-refractivity contribution is 5.83. The molecule has 0 fully saturated rings. The summed E-state index contributed by atoms with van der Waals surface area (Å²) in [6.07, 6.45) is 41.6. The highest BCUT2D eigenvalue weighted by atomic mass is 16.5. The number of hydrogen-bond acceptors (Lipinski definition) is 5. The van der Waals surface area contributed by atoms with Gasteiger partial charge in [0, 0.05) is 12.8 Å². The molecular weight excluding hydrogens is 624 g/mol. The van der Waals surface area contributed by atoms with Gasteiger partial charge in [0.2, 0.25) is 5.91 Å². The van der Waals surface area contributed by atoms with Crippen LogP contribution in [0.25, 0.3) is 0 Å². The van der Waals surface area contributed by atoms with E-state index in [1.807, 2.05) is 0 Å². The molecule has 0 saturated carbocycles. The molecule has 2 atom stereocenters. The topological polar surface area (TPSA) is 119 Å². The van der Waals surface area contributed by atoms with Gasteiger partial charge < -0.3 is 20.9 Å². The van der Waals surface area contributed by atoms with Crippen LogP contribution < -0.4 is 11.1 Å². The molecule has 0 aliphatic heterocycles. The molecule has 0 saturated heterocycles. The third-order valence-corrected chi connectivity index (χ3v) is 9.83. The first-order valence-electron chi connectivity index (χ1n) is 21.5. The molecule has 0 bridgehead atoms. The van der Waals surface area contributed by atoms with Crippen molar-refractivity contribution in [3.05, 3.63) is 12.2 Å². The monoisotopic (exact) mass is 707 g/mol. The van der Waals surface area contributed by atoms with Crippen LogP contribution in [-0.2, 0) is 19.1 Å². The van der Waals surface area contributed by atoms with Crippen molar-refractivity contribution in [2.75, 3.05) is 6.54 Å². The van der Waals surface area contributed by atoms with Gasteiger partial charge in [-0.25, -0.2) is 4.79 Å². The summed E-state index contributed by atoms with van der Waals surface area (Å²) in [5.41, 5.74) is 5.47. The number of carboxylic acid groups (broad SMARTS) is 1. The fraction of sp³-hybridized carbons (Fsp3) is 0.884. The molecule has 1 amide bonds.